The molecule has 2 heterocycles. The van der Waals surface area contributed by atoms with Crippen LogP contribution in [-0.4, -0.2) is 29.0 Å². The first-order valence-electron chi connectivity index (χ1n) is 7.14. The lowest BCUT2D eigenvalue weighted by molar-refractivity contribution is 0.0603. The maximum atomic E-state index is 12.3. The summed E-state index contributed by atoms with van der Waals surface area (Å²) in [5.41, 5.74) is 1.67. The largest absolute Gasteiger partial charge is 0.465 e. The van der Waals surface area contributed by atoms with Gasteiger partial charge < -0.3 is 10.1 Å². The highest BCUT2D eigenvalue weighted by molar-refractivity contribution is 7.15. The van der Waals surface area contributed by atoms with Gasteiger partial charge in [0.15, 0.2) is 0 Å². The van der Waals surface area contributed by atoms with Crippen LogP contribution >= 0.6 is 22.9 Å². The van der Waals surface area contributed by atoms with E-state index in [9.17, 15) is 9.59 Å². The molecule has 0 unspecified atom stereocenters. The highest BCUT2D eigenvalue weighted by Gasteiger charge is 2.24. The van der Waals surface area contributed by atoms with E-state index in [2.05, 4.69) is 15.3 Å². The maximum Gasteiger partial charge on any atom is 0.341 e. The third-order valence-electron chi connectivity index (χ3n) is 3.37. The summed E-state index contributed by atoms with van der Waals surface area (Å²) in [7, 11) is 1.28. The minimum Gasteiger partial charge on any atom is -0.465 e. The SMILES string of the molecule is COC(=O)c1c(-c2ccccc2Cl)csc1NC(=O)c1cnccn1. The van der Waals surface area contributed by atoms with Crippen LogP contribution in [0.2, 0.25) is 5.02 Å². The van der Waals surface area contributed by atoms with E-state index >= 15 is 0 Å². The van der Waals surface area contributed by atoms with Crippen molar-refractivity contribution < 1.29 is 14.3 Å². The van der Waals surface area contributed by atoms with Crippen molar-refractivity contribution in [3.05, 3.63) is 64.5 Å². The lowest BCUT2D eigenvalue weighted by atomic mass is 10.0. The van der Waals surface area contributed by atoms with Gasteiger partial charge in [0, 0.05) is 33.9 Å². The van der Waals surface area contributed by atoms with Crippen LogP contribution in [-0.2, 0) is 4.74 Å². The van der Waals surface area contributed by atoms with Gasteiger partial charge in [-0.15, -0.1) is 11.3 Å². The van der Waals surface area contributed by atoms with Gasteiger partial charge in [-0.3, -0.25) is 9.78 Å². The second-order valence-corrected chi connectivity index (χ2v) is 6.16. The number of carbonyl (C=O) groups excluding carboxylic acids is 2. The average molecular weight is 374 g/mol. The number of halogens is 1. The second-order valence-electron chi connectivity index (χ2n) is 4.87. The summed E-state index contributed by atoms with van der Waals surface area (Å²) < 4.78 is 4.87. The number of amides is 1. The molecule has 8 heteroatoms. The summed E-state index contributed by atoms with van der Waals surface area (Å²) in [6.45, 7) is 0. The molecule has 0 saturated carbocycles. The Morgan fingerprint density at radius 3 is 2.68 bits per heavy atom. The smallest absolute Gasteiger partial charge is 0.341 e. The number of nitrogens with one attached hydrogen (secondary N) is 1. The Bertz CT molecular complexity index is 928. The van der Waals surface area contributed by atoms with Crippen molar-refractivity contribution in [1.82, 2.24) is 9.97 Å². The molecule has 3 aromatic rings. The van der Waals surface area contributed by atoms with Crippen molar-refractivity contribution in [2.75, 3.05) is 12.4 Å². The van der Waals surface area contributed by atoms with E-state index in [0.717, 1.165) is 0 Å². The van der Waals surface area contributed by atoms with E-state index in [-0.39, 0.29) is 11.3 Å². The summed E-state index contributed by atoms with van der Waals surface area (Å²) in [5.74, 6) is -1.03. The zero-order chi connectivity index (χ0) is 17.8. The second kappa shape index (κ2) is 7.42. The highest BCUT2D eigenvalue weighted by Crippen LogP contribution is 2.39. The normalized spacial score (nSPS) is 10.3. The first kappa shape index (κ1) is 17.1. The van der Waals surface area contributed by atoms with Gasteiger partial charge in [-0.2, -0.15) is 0 Å². The number of benzene rings is 1. The number of hydrogen-bond acceptors (Lipinski definition) is 6. The molecule has 0 radical (unpaired) electrons. The summed E-state index contributed by atoms with van der Waals surface area (Å²) in [5, 5.41) is 5.29. The molecule has 1 amide bonds. The molecule has 0 aliphatic carbocycles. The number of esters is 1. The third kappa shape index (κ3) is 3.52. The molecule has 0 spiro atoms. The quantitative estimate of drug-likeness (QED) is 0.701. The maximum absolute atomic E-state index is 12.3. The van der Waals surface area contributed by atoms with Gasteiger partial charge in [0.1, 0.15) is 16.3 Å². The van der Waals surface area contributed by atoms with Gasteiger partial charge in [0.25, 0.3) is 5.91 Å². The molecule has 2 aromatic heterocycles. The van der Waals surface area contributed by atoms with Gasteiger partial charge in [-0.25, -0.2) is 9.78 Å². The number of hydrogen-bond donors (Lipinski definition) is 1. The fourth-order valence-electron chi connectivity index (χ4n) is 2.22. The van der Waals surface area contributed by atoms with Gasteiger partial charge >= 0.3 is 5.97 Å². The number of methoxy groups -OCH3 is 1. The molecule has 6 nitrogen and oxygen atoms in total. The Kier molecular flexibility index (Phi) is 5.06. The zero-order valence-corrected chi connectivity index (χ0v) is 14.6. The van der Waals surface area contributed by atoms with Crippen LogP contribution in [0.4, 0.5) is 5.00 Å². The fraction of sp³-hybridized carbons (Fsp3) is 0.0588. The molecule has 3 rings (SSSR count). The minimum absolute atomic E-state index is 0.144. The van der Waals surface area contributed by atoms with Crippen LogP contribution < -0.4 is 5.32 Å². The highest BCUT2D eigenvalue weighted by atomic mass is 35.5. The Morgan fingerprint density at radius 2 is 2.00 bits per heavy atom. The Labute approximate surface area is 152 Å². The molecule has 0 saturated heterocycles. The van der Waals surface area contributed by atoms with Crippen molar-refractivity contribution in [3.8, 4) is 11.1 Å². The number of thiophene rings is 1. The van der Waals surface area contributed by atoms with E-state index in [1.165, 1.54) is 37.0 Å². The number of anilines is 1. The monoisotopic (exact) mass is 373 g/mol. The van der Waals surface area contributed by atoms with Crippen molar-refractivity contribution in [2.24, 2.45) is 0 Å². The average Bonchev–Trinajstić information content (AvgIpc) is 3.05. The summed E-state index contributed by atoms with van der Waals surface area (Å²) >= 11 is 7.44. The summed E-state index contributed by atoms with van der Waals surface area (Å²) in [6, 6.07) is 7.14. The molecule has 0 aliphatic heterocycles. The molecule has 0 atom stereocenters. The van der Waals surface area contributed by atoms with Crippen LogP contribution in [0.5, 0.6) is 0 Å². The van der Waals surface area contributed by atoms with E-state index in [1.807, 2.05) is 6.07 Å². The van der Waals surface area contributed by atoms with E-state index in [0.29, 0.717) is 21.2 Å². The number of ether oxygens (including phenoxy) is 1. The van der Waals surface area contributed by atoms with Crippen LogP contribution in [0.3, 0.4) is 0 Å². The molecule has 1 N–H and O–H groups in total. The predicted molar refractivity (Wildman–Crippen MR) is 96.1 cm³/mol. The standard InChI is InChI=1S/C17H12ClN3O3S/c1-24-17(23)14-11(10-4-2-3-5-12(10)18)9-25-16(14)21-15(22)13-8-19-6-7-20-13/h2-9H,1H3,(H,21,22). The molecule has 25 heavy (non-hydrogen) atoms. The minimum atomic E-state index is -0.564. The van der Waals surface area contributed by atoms with Crippen LogP contribution in [0.25, 0.3) is 11.1 Å². The number of aromatic nitrogens is 2. The van der Waals surface area contributed by atoms with Gasteiger partial charge in [0.2, 0.25) is 0 Å². The molecule has 0 bridgehead atoms. The molecule has 0 fully saturated rings. The Hall–Kier alpha value is -2.77. The first-order valence-corrected chi connectivity index (χ1v) is 8.39. The molecule has 1 aromatic carbocycles. The van der Waals surface area contributed by atoms with E-state index in [4.69, 9.17) is 16.3 Å². The van der Waals surface area contributed by atoms with Crippen molar-refractivity contribution >= 4 is 39.8 Å². The predicted octanol–water partition coefficient (Wildman–Crippen LogP) is 3.90. The zero-order valence-electron chi connectivity index (χ0n) is 13.0. The van der Waals surface area contributed by atoms with Gasteiger partial charge in [-0.05, 0) is 6.07 Å². The molecular weight excluding hydrogens is 362 g/mol. The first-order chi connectivity index (χ1) is 12.1. The van der Waals surface area contributed by atoms with Crippen molar-refractivity contribution in [2.45, 2.75) is 0 Å². The summed E-state index contributed by atoms with van der Waals surface area (Å²) in [4.78, 5) is 32.4. The van der Waals surface area contributed by atoms with Crippen LogP contribution in [0, 0.1) is 0 Å². The molecule has 0 aliphatic rings. The van der Waals surface area contributed by atoms with E-state index < -0.39 is 11.9 Å². The third-order valence-corrected chi connectivity index (χ3v) is 4.59. The van der Waals surface area contributed by atoms with E-state index in [1.54, 1.807) is 23.6 Å². The van der Waals surface area contributed by atoms with Crippen LogP contribution in [0.15, 0.2) is 48.2 Å². The molecular formula is C17H12ClN3O3S. The lowest BCUT2D eigenvalue weighted by Crippen LogP contribution is -2.15. The number of carbonyl (C=O) groups is 2. The Morgan fingerprint density at radius 1 is 1.20 bits per heavy atom. The summed E-state index contributed by atoms with van der Waals surface area (Å²) in [6.07, 6.45) is 4.23. The Balaban J connectivity index is 2.02. The van der Waals surface area contributed by atoms with Crippen LogP contribution in [0.1, 0.15) is 20.8 Å². The van der Waals surface area contributed by atoms with Gasteiger partial charge in [-0.1, -0.05) is 29.8 Å². The van der Waals surface area contributed by atoms with Gasteiger partial charge in [0.05, 0.1) is 13.3 Å². The van der Waals surface area contributed by atoms with Crippen molar-refractivity contribution in [1.29, 1.82) is 0 Å². The fourth-order valence-corrected chi connectivity index (χ4v) is 3.40. The topological polar surface area (TPSA) is 81.2 Å². The number of rotatable bonds is 4. The number of nitrogens with zero attached hydrogens (tertiary/aromatic N) is 2. The van der Waals surface area contributed by atoms with Crippen molar-refractivity contribution in [3.63, 3.8) is 0 Å². The molecule has 126 valence electrons. The lowest BCUT2D eigenvalue weighted by Gasteiger charge is -2.08.